The minimum atomic E-state index is -0.180. The highest BCUT2D eigenvalue weighted by Crippen LogP contribution is 2.28. The molecule has 1 aromatic heterocycles. The molecule has 2 heterocycles. The van der Waals surface area contributed by atoms with Gasteiger partial charge in [-0.15, -0.1) is 0 Å². The lowest BCUT2D eigenvalue weighted by Gasteiger charge is -2.36. The van der Waals surface area contributed by atoms with Crippen molar-refractivity contribution in [3.63, 3.8) is 0 Å². The van der Waals surface area contributed by atoms with Crippen molar-refractivity contribution in [2.75, 3.05) is 51.3 Å². The van der Waals surface area contributed by atoms with Crippen molar-refractivity contribution in [3.05, 3.63) is 48.5 Å². The Labute approximate surface area is 147 Å². The normalized spacial score (nSPS) is 15.0. The first kappa shape index (κ1) is 17.2. The van der Waals surface area contributed by atoms with E-state index in [-0.39, 0.29) is 5.91 Å². The SMILES string of the molecule is COc1ccccc1N1CCN(CCNC(=O)c2cnccn2)CC1. The Morgan fingerprint density at radius 1 is 1.20 bits per heavy atom. The molecule has 1 aliphatic rings. The maximum Gasteiger partial charge on any atom is 0.271 e. The van der Waals surface area contributed by atoms with Crippen LogP contribution in [0.4, 0.5) is 5.69 Å². The molecule has 3 rings (SSSR count). The molecule has 0 radical (unpaired) electrons. The molecule has 1 N–H and O–H groups in total. The summed E-state index contributed by atoms with van der Waals surface area (Å²) in [6.45, 7) is 5.23. The van der Waals surface area contributed by atoms with E-state index in [1.54, 1.807) is 13.3 Å². The van der Waals surface area contributed by atoms with Crippen molar-refractivity contribution in [3.8, 4) is 5.75 Å². The second-order valence-electron chi connectivity index (χ2n) is 5.85. The van der Waals surface area contributed by atoms with Gasteiger partial charge in [-0.2, -0.15) is 0 Å². The summed E-state index contributed by atoms with van der Waals surface area (Å²) in [4.78, 5) is 24.5. The van der Waals surface area contributed by atoms with Crippen LogP contribution in [-0.2, 0) is 0 Å². The first-order valence-corrected chi connectivity index (χ1v) is 8.42. The van der Waals surface area contributed by atoms with E-state index in [4.69, 9.17) is 4.74 Å². The molecule has 25 heavy (non-hydrogen) atoms. The van der Waals surface area contributed by atoms with Crippen molar-refractivity contribution < 1.29 is 9.53 Å². The Morgan fingerprint density at radius 2 is 2.00 bits per heavy atom. The predicted octanol–water partition coefficient (Wildman–Crippen LogP) is 1.04. The summed E-state index contributed by atoms with van der Waals surface area (Å²) < 4.78 is 5.44. The standard InChI is InChI=1S/C18H23N5O2/c1-25-17-5-3-2-4-16(17)23-12-10-22(11-13-23)9-8-21-18(24)15-14-19-6-7-20-15/h2-7,14H,8-13H2,1H3,(H,21,24). The lowest BCUT2D eigenvalue weighted by atomic mass is 10.2. The fourth-order valence-corrected chi connectivity index (χ4v) is 2.94. The molecule has 0 spiro atoms. The van der Waals surface area contributed by atoms with Gasteiger partial charge in [0.1, 0.15) is 11.4 Å². The van der Waals surface area contributed by atoms with Crippen LogP contribution < -0.4 is 15.0 Å². The third-order valence-corrected chi connectivity index (χ3v) is 4.31. The van der Waals surface area contributed by atoms with E-state index >= 15 is 0 Å². The van der Waals surface area contributed by atoms with Crippen LogP contribution in [-0.4, -0.2) is 67.2 Å². The third kappa shape index (κ3) is 4.45. The number of carbonyl (C=O) groups is 1. The van der Waals surface area contributed by atoms with Gasteiger partial charge in [0.25, 0.3) is 5.91 Å². The molecule has 1 amide bonds. The monoisotopic (exact) mass is 341 g/mol. The molecule has 7 nitrogen and oxygen atoms in total. The van der Waals surface area contributed by atoms with Crippen molar-refractivity contribution in [1.82, 2.24) is 20.2 Å². The quantitative estimate of drug-likeness (QED) is 0.846. The number of hydrogen-bond donors (Lipinski definition) is 1. The zero-order chi connectivity index (χ0) is 17.5. The number of benzene rings is 1. The topological polar surface area (TPSA) is 70.6 Å². The molecule has 0 aliphatic carbocycles. The summed E-state index contributed by atoms with van der Waals surface area (Å²) in [5.74, 6) is 0.730. The van der Waals surface area contributed by atoms with Crippen molar-refractivity contribution in [2.24, 2.45) is 0 Å². The van der Waals surface area contributed by atoms with E-state index in [1.165, 1.54) is 12.4 Å². The highest BCUT2D eigenvalue weighted by atomic mass is 16.5. The highest BCUT2D eigenvalue weighted by Gasteiger charge is 2.19. The van der Waals surface area contributed by atoms with Crippen LogP contribution in [0.3, 0.4) is 0 Å². The van der Waals surface area contributed by atoms with Gasteiger partial charge in [-0.05, 0) is 12.1 Å². The van der Waals surface area contributed by atoms with E-state index in [9.17, 15) is 4.79 Å². The number of piperazine rings is 1. The summed E-state index contributed by atoms with van der Waals surface area (Å²) >= 11 is 0. The Morgan fingerprint density at radius 3 is 2.72 bits per heavy atom. The molecule has 0 saturated carbocycles. The Balaban J connectivity index is 1.43. The minimum absolute atomic E-state index is 0.180. The number of anilines is 1. The van der Waals surface area contributed by atoms with Crippen molar-refractivity contribution in [2.45, 2.75) is 0 Å². The third-order valence-electron chi connectivity index (χ3n) is 4.31. The molecule has 1 fully saturated rings. The molecule has 7 heteroatoms. The van der Waals surface area contributed by atoms with Crippen LogP contribution >= 0.6 is 0 Å². The molecule has 0 bridgehead atoms. The lowest BCUT2D eigenvalue weighted by molar-refractivity contribution is 0.0942. The second kappa shape index (κ2) is 8.43. The number of para-hydroxylation sites is 2. The molecule has 1 aromatic carbocycles. The zero-order valence-electron chi connectivity index (χ0n) is 14.4. The van der Waals surface area contributed by atoms with Crippen LogP contribution in [0, 0.1) is 0 Å². The van der Waals surface area contributed by atoms with Crippen LogP contribution in [0.15, 0.2) is 42.9 Å². The van der Waals surface area contributed by atoms with Gasteiger partial charge in [0, 0.05) is 51.7 Å². The molecule has 0 unspecified atom stereocenters. The molecule has 1 aliphatic heterocycles. The smallest absolute Gasteiger partial charge is 0.271 e. The molecule has 132 valence electrons. The average molecular weight is 341 g/mol. The number of amides is 1. The maximum absolute atomic E-state index is 11.9. The van der Waals surface area contributed by atoms with E-state index in [1.807, 2.05) is 18.2 Å². The summed E-state index contributed by atoms with van der Waals surface area (Å²) in [6.07, 6.45) is 4.55. The second-order valence-corrected chi connectivity index (χ2v) is 5.85. The molecule has 0 atom stereocenters. The van der Waals surface area contributed by atoms with Gasteiger partial charge < -0.3 is 15.0 Å². The fourth-order valence-electron chi connectivity index (χ4n) is 2.94. The minimum Gasteiger partial charge on any atom is -0.495 e. The van der Waals surface area contributed by atoms with Gasteiger partial charge in [0.05, 0.1) is 19.0 Å². The van der Waals surface area contributed by atoms with E-state index in [0.29, 0.717) is 12.2 Å². The van der Waals surface area contributed by atoms with E-state index < -0.39 is 0 Å². The Hall–Kier alpha value is -2.67. The molecule has 1 saturated heterocycles. The first-order chi connectivity index (χ1) is 12.3. The first-order valence-electron chi connectivity index (χ1n) is 8.42. The number of carbonyl (C=O) groups excluding carboxylic acids is 1. The maximum atomic E-state index is 11.9. The van der Waals surface area contributed by atoms with Gasteiger partial charge in [-0.1, -0.05) is 12.1 Å². The largest absolute Gasteiger partial charge is 0.495 e. The van der Waals surface area contributed by atoms with Crippen LogP contribution in [0.25, 0.3) is 0 Å². The van der Waals surface area contributed by atoms with Gasteiger partial charge in [-0.3, -0.25) is 14.7 Å². The van der Waals surface area contributed by atoms with Crippen LogP contribution in [0.2, 0.25) is 0 Å². The van der Waals surface area contributed by atoms with E-state index in [2.05, 4.69) is 31.2 Å². The Bertz CT molecular complexity index is 687. The van der Waals surface area contributed by atoms with Crippen LogP contribution in [0.5, 0.6) is 5.75 Å². The van der Waals surface area contributed by atoms with Gasteiger partial charge in [-0.25, -0.2) is 4.98 Å². The molecular weight excluding hydrogens is 318 g/mol. The summed E-state index contributed by atoms with van der Waals surface area (Å²) in [7, 11) is 1.70. The molecule has 2 aromatic rings. The average Bonchev–Trinajstić information content (AvgIpc) is 2.69. The fraction of sp³-hybridized carbons (Fsp3) is 0.389. The van der Waals surface area contributed by atoms with Gasteiger partial charge in [0.15, 0.2) is 0 Å². The van der Waals surface area contributed by atoms with Gasteiger partial charge >= 0.3 is 0 Å². The number of rotatable bonds is 6. The number of hydrogen-bond acceptors (Lipinski definition) is 6. The predicted molar refractivity (Wildman–Crippen MR) is 96.0 cm³/mol. The van der Waals surface area contributed by atoms with Crippen LogP contribution in [0.1, 0.15) is 10.5 Å². The molecular formula is C18H23N5O2. The zero-order valence-corrected chi connectivity index (χ0v) is 14.4. The summed E-state index contributed by atoms with van der Waals surface area (Å²) in [6, 6.07) is 8.10. The van der Waals surface area contributed by atoms with Crippen molar-refractivity contribution in [1.29, 1.82) is 0 Å². The number of methoxy groups -OCH3 is 1. The highest BCUT2D eigenvalue weighted by molar-refractivity contribution is 5.91. The number of nitrogens with zero attached hydrogens (tertiary/aromatic N) is 4. The number of nitrogens with one attached hydrogen (secondary N) is 1. The summed E-state index contributed by atoms with van der Waals surface area (Å²) in [5, 5.41) is 2.89. The summed E-state index contributed by atoms with van der Waals surface area (Å²) in [5.41, 5.74) is 1.49. The van der Waals surface area contributed by atoms with Crippen molar-refractivity contribution >= 4 is 11.6 Å². The number of aromatic nitrogens is 2. The van der Waals surface area contributed by atoms with Gasteiger partial charge in [0.2, 0.25) is 0 Å². The Kier molecular flexibility index (Phi) is 5.79. The lowest BCUT2D eigenvalue weighted by Crippen LogP contribution is -2.48. The number of ether oxygens (including phenoxy) is 1. The van der Waals surface area contributed by atoms with E-state index in [0.717, 1.165) is 44.2 Å².